The summed E-state index contributed by atoms with van der Waals surface area (Å²) in [5.74, 6) is -0.948. The van der Waals surface area contributed by atoms with Gasteiger partial charge in [0, 0.05) is 18.9 Å². The number of para-hydroxylation sites is 1. The van der Waals surface area contributed by atoms with E-state index in [9.17, 15) is 14.0 Å². The van der Waals surface area contributed by atoms with E-state index >= 15 is 0 Å². The Labute approximate surface area is 139 Å². The predicted octanol–water partition coefficient (Wildman–Crippen LogP) is 2.08. The molecule has 0 unspecified atom stereocenters. The molecule has 1 fully saturated rings. The fourth-order valence-electron chi connectivity index (χ4n) is 2.85. The van der Waals surface area contributed by atoms with Crippen LogP contribution in [-0.2, 0) is 16.0 Å². The Morgan fingerprint density at radius 3 is 2.88 bits per heavy atom. The van der Waals surface area contributed by atoms with Gasteiger partial charge in [-0.15, -0.1) is 0 Å². The smallest absolute Gasteiger partial charge is 0.249 e. The summed E-state index contributed by atoms with van der Waals surface area (Å²) in [7, 11) is 0. The molecule has 2 amide bonds. The average Bonchev–Trinajstić information content (AvgIpc) is 2.58. The van der Waals surface area contributed by atoms with Gasteiger partial charge in [-0.3, -0.25) is 14.6 Å². The lowest BCUT2D eigenvalue weighted by molar-refractivity contribution is -0.128. The fraction of sp³-hybridized carbons (Fsp3) is 0.278. The van der Waals surface area contributed by atoms with Gasteiger partial charge in [0.2, 0.25) is 11.8 Å². The van der Waals surface area contributed by atoms with Gasteiger partial charge >= 0.3 is 0 Å². The van der Waals surface area contributed by atoms with Crippen molar-refractivity contribution in [2.24, 2.45) is 0 Å². The number of anilines is 1. The molecule has 124 valence electrons. The van der Waals surface area contributed by atoms with Crippen LogP contribution in [0.3, 0.4) is 0 Å². The number of benzene rings is 1. The van der Waals surface area contributed by atoms with Crippen molar-refractivity contribution in [3.05, 3.63) is 60.2 Å². The van der Waals surface area contributed by atoms with Crippen molar-refractivity contribution >= 4 is 17.5 Å². The van der Waals surface area contributed by atoms with Crippen molar-refractivity contribution in [1.82, 2.24) is 10.3 Å². The lowest BCUT2D eigenvalue weighted by Gasteiger charge is -2.32. The van der Waals surface area contributed by atoms with Gasteiger partial charge < -0.3 is 10.2 Å². The SMILES string of the molecule is O=C(Cc1cccnc1)N[C@H]1CCCN(c2ccccc2F)C1=O. The summed E-state index contributed by atoms with van der Waals surface area (Å²) in [4.78, 5) is 30.1. The first-order valence-corrected chi connectivity index (χ1v) is 7.89. The van der Waals surface area contributed by atoms with Crippen LogP contribution >= 0.6 is 0 Å². The number of carbonyl (C=O) groups is 2. The minimum Gasteiger partial charge on any atom is -0.344 e. The van der Waals surface area contributed by atoms with Crippen LogP contribution in [0, 0.1) is 5.82 Å². The second-order valence-electron chi connectivity index (χ2n) is 5.74. The van der Waals surface area contributed by atoms with Crippen LogP contribution < -0.4 is 10.2 Å². The van der Waals surface area contributed by atoms with Crippen LogP contribution in [-0.4, -0.2) is 29.4 Å². The summed E-state index contributed by atoms with van der Waals surface area (Å²) in [5, 5.41) is 2.76. The van der Waals surface area contributed by atoms with Crippen molar-refractivity contribution in [2.45, 2.75) is 25.3 Å². The first-order chi connectivity index (χ1) is 11.6. The Balaban J connectivity index is 1.67. The molecule has 0 bridgehead atoms. The first kappa shape index (κ1) is 16.1. The molecule has 1 aromatic carbocycles. The van der Waals surface area contributed by atoms with Gasteiger partial charge in [-0.25, -0.2) is 4.39 Å². The zero-order valence-corrected chi connectivity index (χ0v) is 13.1. The third-order valence-electron chi connectivity index (χ3n) is 4.00. The molecule has 1 saturated heterocycles. The van der Waals surface area contributed by atoms with Crippen molar-refractivity contribution in [2.75, 3.05) is 11.4 Å². The minimum absolute atomic E-state index is 0.164. The van der Waals surface area contributed by atoms with Gasteiger partial charge in [-0.05, 0) is 36.6 Å². The van der Waals surface area contributed by atoms with E-state index < -0.39 is 11.9 Å². The summed E-state index contributed by atoms with van der Waals surface area (Å²) in [6, 6.07) is 9.12. The number of pyridine rings is 1. The number of carbonyl (C=O) groups excluding carboxylic acids is 2. The highest BCUT2D eigenvalue weighted by Crippen LogP contribution is 2.23. The maximum atomic E-state index is 13.9. The molecule has 0 aliphatic carbocycles. The summed E-state index contributed by atoms with van der Waals surface area (Å²) in [5.41, 5.74) is 1.04. The zero-order valence-electron chi connectivity index (χ0n) is 13.1. The second-order valence-corrected chi connectivity index (χ2v) is 5.74. The van der Waals surface area contributed by atoms with E-state index in [4.69, 9.17) is 0 Å². The number of aromatic nitrogens is 1. The summed E-state index contributed by atoms with van der Waals surface area (Å²) >= 11 is 0. The van der Waals surface area contributed by atoms with Gasteiger partial charge in [0.1, 0.15) is 11.9 Å². The number of rotatable bonds is 4. The fourth-order valence-corrected chi connectivity index (χ4v) is 2.85. The Bertz CT molecular complexity index is 736. The quantitative estimate of drug-likeness (QED) is 0.935. The molecule has 2 heterocycles. The first-order valence-electron chi connectivity index (χ1n) is 7.89. The molecule has 0 spiro atoms. The molecule has 0 saturated carbocycles. The molecule has 6 heteroatoms. The average molecular weight is 327 g/mol. The normalized spacial score (nSPS) is 17.6. The molecule has 1 N–H and O–H groups in total. The van der Waals surface area contributed by atoms with Crippen LogP contribution in [0.4, 0.5) is 10.1 Å². The molecule has 2 aromatic rings. The van der Waals surface area contributed by atoms with E-state index in [0.29, 0.717) is 19.4 Å². The van der Waals surface area contributed by atoms with Crippen LogP contribution in [0.1, 0.15) is 18.4 Å². The number of hydrogen-bond acceptors (Lipinski definition) is 3. The Morgan fingerprint density at radius 2 is 2.12 bits per heavy atom. The van der Waals surface area contributed by atoms with Gasteiger partial charge in [0.15, 0.2) is 0 Å². The largest absolute Gasteiger partial charge is 0.344 e. The zero-order chi connectivity index (χ0) is 16.9. The highest BCUT2D eigenvalue weighted by atomic mass is 19.1. The highest BCUT2D eigenvalue weighted by molar-refractivity contribution is 6.00. The van der Waals surface area contributed by atoms with E-state index in [1.165, 1.54) is 11.0 Å². The minimum atomic E-state index is -0.623. The van der Waals surface area contributed by atoms with Crippen LogP contribution in [0.15, 0.2) is 48.8 Å². The molecule has 1 aliphatic heterocycles. The topological polar surface area (TPSA) is 62.3 Å². The van der Waals surface area contributed by atoms with E-state index in [2.05, 4.69) is 10.3 Å². The highest BCUT2D eigenvalue weighted by Gasteiger charge is 2.31. The summed E-state index contributed by atoms with van der Waals surface area (Å²) in [6.45, 7) is 0.453. The predicted molar refractivity (Wildman–Crippen MR) is 87.9 cm³/mol. The van der Waals surface area contributed by atoms with Crippen molar-refractivity contribution in [3.8, 4) is 0 Å². The Kier molecular flexibility index (Phi) is 4.84. The summed E-state index contributed by atoms with van der Waals surface area (Å²) in [6.07, 6.45) is 4.68. The third kappa shape index (κ3) is 3.59. The molecule has 5 nitrogen and oxygen atoms in total. The number of piperidine rings is 1. The molecule has 3 rings (SSSR count). The van der Waals surface area contributed by atoms with Crippen LogP contribution in [0.25, 0.3) is 0 Å². The maximum Gasteiger partial charge on any atom is 0.249 e. The van der Waals surface area contributed by atoms with E-state index in [-0.39, 0.29) is 23.9 Å². The van der Waals surface area contributed by atoms with Gasteiger partial charge in [-0.2, -0.15) is 0 Å². The van der Waals surface area contributed by atoms with Crippen molar-refractivity contribution < 1.29 is 14.0 Å². The second kappa shape index (κ2) is 7.21. The van der Waals surface area contributed by atoms with Crippen molar-refractivity contribution in [3.63, 3.8) is 0 Å². The lowest BCUT2D eigenvalue weighted by atomic mass is 10.0. The maximum absolute atomic E-state index is 13.9. The molecule has 1 atom stereocenters. The molecule has 0 radical (unpaired) electrons. The molecular weight excluding hydrogens is 309 g/mol. The van der Waals surface area contributed by atoms with Crippen LogP contribution in [0.2, 0.25) is 0 Å². The number of amides is 2. The number of hydrogen-bond donors (Lipinski definition) is 1. The van der Waals surface area contributed by atoms with E-state index in [0.717, 1.165) is 5.56 Å². The molecule has 1 aromatic heterocycles. The number of nitrogens with zero attached hydrogens (tertiary/aromatic N) is 2. The lowest BCUT2D eigenvalue weighted by Crippen LogP contribution is -2.53. The monoisotopic (exact) mass is 327 g/mol. The number of nitrogens with one attached hydrogen (secondary N) is 1. The van der Waals surface area contributed by atoms with Gasteiger partial charge in [0.25, 0.3) is 0 Å². The van der Waals surface area contributed by atoms with Crippen molar-refractivity contribution in [1.29, 1.82) is 0 Å². The molecule has 24 heavy (non-hydrogen) atoms. The molecule has 1 aliphatic rings. The standard InChI is InChI=1S/C18H18FN3O2/c19-14-6-1-2-8-16(14)22-10-4-7-15(18(22)24)21-17(23)11-13-5-3-9-20-12-13/h1-3,5-6,8-9,12,15H,4,7,10-11H2,(H,21,23)/t15-/m0/s1. The van der Waals surface area contributed by atoms with E-state index in [1.54, 1.807) is 42.7 Å². The summed E-state index contributed by atoms with van der Waals surface area (Å²) < 4.78 is 13.9. The third-order valence-corrected chi connectivity index (χ3v) is 4.00. The van der Waals surface area contributed by atoms with E-state index in [1.807, 2.05) is 0 Å². The van der Waals surface area contributed by atoms with Gasteiger partial charge in [-0.1, -0.05) is 18.2 Å². The molecular formula is C18H18FN3O2. The van der Waals surface area contributed by atoms with Gasteiger partial charge in [0.05, 0.1) is 12.1 Å². The number of halogens is 1. The Morgan fingerprint density at radius 1 is 1.29 bits per heavy atom. The van der Waals surface area contributed by atoms with Crippen LogP contribution in [0.5, 0.6) is 0 Å². The Hall–Kier alpha value is -2.76.